The van der Waals surface area contributed by atoms with Gasteiger partial charge in [-0.3, -0.25) is 14.4 Å². The summed E-state index contributed by atoms with van der Waals surface area (Å²) in [6.07, 6.45) is 76.1. The Morgan fingerprint density at radius 3 is 0.845 bits per heavy atom. The number of carbonyl (C=O) groups excluding carboxylic acids is 3. The lowest BCUT2D eigenvalue weighted by atomic mass is 10.1. The highest BCUT2D eigenvalue weighted by atomic mass is 16.6. The molecule has 0 rings (SSSR count). The predicted molar refractivity (Wildman–Crippen MR) is 307 cm³/mol. The van der Waals surface area contributed by atoms with E-state index in [1.54, 1.807) is 0 Å². The summed E-state index contributed by atoms with van der Waals surface area (Å²) in [5, 5.41) is 0. The second-order valence-corrected chi connectivity index (χ2v) is 20.3. The van der Waals surface area contributed by atoms with Gasteiger partial charge in [0.1, 0.15) is 13.2 Å². The lowest BCUT2D eigenvalue weighted by Gasteiger charge is -2.18. The van der Waals surface area contributed by atoms with Gasteiger partial charge in [-0.2, -0.15) is 0 Å². The van der Waals surface area contributed by atoms with E-state index in [4.69, 9.17) is 14.2 Å². The van der Waals surface area contributed by atoms with Crippen molar-refractivity contribution in [3.05, 3.63) is 72.9 Å². The van der Waals surface area contributed by atoms with Crippen LogP contribution in [0.3, 0.4) is 0 Å². The third-order valence-corrected chi connectivity index (χ3v) is 13.2. The van der Waals surface area contributed by atoms with Crippen LogP contribution in [0.25, 0.3) is 0 Å². The Bertz CT molecular complexity index is 1320. The molecule has 1 atom stereocenters. The zero-order valence-corrected chi connectivity index (χ0v) is 47.0. The first-order chi connectivity index (χ1) is 35.0. The van der Waals surface area contributed by atoms with Gasteiger partial charge in [-0.25, -0.2) is 0 Å². The molecule has 0 aliphatic heterocycles. The fourth-order valence-electron chi connectivity index (χ4n) is 8.61. The molecule has 0 fully saturated rings. The SMILES string of the molecule is CCCCCCC\C=C/C=C\C=C/CCCCCCCC(=O)OC(COC(=O)CCCCC/C=C\C=C/CCCCCCCCC)COC(=O)CCCCCCCCC/C=C\CCCCCCCCCC. The Kier molecular flexibility index (Phi) is 56.8. The molecule has 0 heterocycles. The molecule has 0 aromatic carbocycles. The van der Waals surface area contributed by atoms with E-state index < -0.39 is 6.10 Å². The number of hydrogen-bond donors (Lipinski definition) is 0. The van der Waals surface area contributed by atoms with E-state index in [0.29, 0.717) is 19.3 Å². The third-order valence-electron chi connectivity index (χ3n) is 13.2. The van der Waals surface area contributed by atoms with E-state index in [1.807, 2.05) is 0 Å². The number of ether oxygens (including phenoxy) is 3. The fraction of sp³-hybridized carbons (Fsp3) is 0.769. The number of unbranched alkanes of at least 4 members (excludes halogenated alkanes) is 35. The van der Waals surface area contributed by atoms with E-state index >= 15 is 0 Å². The molecule has 0 amide bonds. The molecule has 6 heteroatoms. The summed E-state index contributed by atoms with van der Waals surface area (Å²) in [4.78, 5) is 38.2. The first-order valence-electron chi connectivity index (χ1n) is 30.5. The van der Waals surface area contributed by atoms with E-state index in [2.05, 4.69) is 93.7 Å². The minimum absolute atomic E-state index is 0.0939. The molecule has 0 saturated carbocycles. The van der Waals surface area contributed by atoms with Gasteiger partial charge in [0.25, 0.3) is 0 Å². The van der Waals surface area contributed by atoms with Crippen molar-refractivity contribution in [1.82, 2.24) is 0 Å². The van der Waals surface area contributed by atoms with Gasteiger partial charge in [-0.05, 0) is 96.3 Å². The average Bonchev–Trinajstić information content (AvgIpc) is 3.37. The molecule has 0 aliphatic carbocycles. The van der Waals surface area contributed by atoms with Gasteiger partial charge in [0.15, 0.2) is 6.10 Å². The summed E-state index contributed by atoms with van der Waals surface area (Å²) in [6.45, 7) is 6.60. The highest BCUT2D eigenvalue weighted by molar-refractivity contribution is 5.71. The molecule has 0 N–H and O–H groups in total. The molecule has 0 aromatic heterocycles. The Balaban J connectivity index is 4.45. The number of carbonyl (C=O) groups is 3. The summed E-state index contributed by atoms with van der Waals surface area (Å²) >= 11 is 0. The predicted octanol–water partition coefficient (Wildman–Crippen LogP) is 20.5. The Labute approximate surface area is 440 Å². The molecule has 0 aliphatic rings. The van der Waals surface area contributed by atoms with Crippen molar-refractivity contribution in [1.29, 1.82) is 0 Å². The molecule has 1 unspecified atom stereocenters. The van der Waals surface area contributed by atoms with Crippen molar-refractivity contribution in [2.75, 3.05) is 13.2 Å². The second kappa shape index (κ2) is 59.4. The minimum Gasteiger partial charge on any atom is -0.462 e. The summed E-state index contributed by atoms with van der Waals surface area (Å²) in [5.41, 5.74) is 0. The summed E-state index contributed by atoms with van der Waals surface area (Å²) in [5.74, 6) is -0.934. The Morgan fingerprint density at radius 2 is 0.521 bits per heavy atom. The van der Waals surface area contributed by atoms with Crippen LogP contribution in [0.1, 0.15) is 303 Å². The molecule has 0 spiro atoms. The molecule has 410 valence electrons. The lowest BCUT2D eigenvalue weighted by Crippen LogP contribution is -2.30. The summed E-state index contributed by atoms with van der Waals surface area (Å²) in [6, 6.07) is 0. The van der Waals surface area contributed by atoms with Crippen molar-refractivity contribution < 1.29 is 28.6 Å². The average molecular weight is 992 g/mol. The van der Waals surface area contributed by atoms with Crippen molar-refractivity contribution >= 4 is 17.9 Å². The van der Waals surface area contributed by atoms with Crippen LogP contribution < -0.4 is 0 Å². The second-order valence-electron chi connectivity index (χ2n) is 20.3. The van der Waals surface area contributed by atoms with Crippen molar-refractivity contribution in [3.63, 3.8) is 0 Å². The van der Waals surface area contributed by atoms with Gasteiger partial charge in [-0.1, -0.05) is 261 Å². The summed E-state index contributed by atoms with van der Waals surface area (Å²) < 4.78 is 16.9. The van der Waals surface area contributed by atoms with Gasteiger partial charge >= 0.3 is 17.9 Å². The number of esters is 3. The third kappa shape index (κ3) is 57.6. The van der Waals surface area contributed by atoms with Crippen molar-refractivity contribution in [3.8, 4) is 0 Å². The quantitative estimate of drug-likeness (QED) is 0.0199. The smallest absolute Gasteiger partial charge is 0.306 e. The Hall–Kier alpha value is -3.15. The maximum absolute atomic E-state index is 12.9. The van der Waals surface area contributed by atoms with Crippen molar-refractivity contribution in [2.45, 2.75) is 309 Å². The van der Waals surface area contributed by atoms with E-state index in [1.165, 1.54) is 167 Å². The Morgan fingerprint density at radius 1 is 0.282 bits per heavy atom. The van der Waals surface area contributed by atoms with Crippen LogP contribution >= 0.6 is 0 Å². The van der Waals surface area contributed by atoms with Gasteiger partial charge in [0.2, 0.25) is 0 Å². The van der Waals surface area contributed by atoms with Crippen LogP contribution in [0.2, 0.25) is 0 Å². The molecular formula is C65H114O6. The largest absolute Gasteiger partial charge is 0.462 e. The zero-order valence-electron chi connectivity index (χ0n) is 47.0. The maximum atomic E-state index is 12.9. The van der Waals surface area contributed by atoms with Gasteiger partial charge in [-0.15, -0.1) is 0 Å². The number of hydrogen-bond acceptors (Lipinski definition) is 6. The first kappa shape index (κ1) is 67.8. The maximum Gasteiger partial charge on any atom is 0.306 e. The molecule has 71 heavy (non-hydrogen) atoms. The fourth-order valence-corrected chi connectivity index (χ4v) is 8.61. The minimum atomic E-state index is -0.800. The van der Waals surface area contributed by atoms with Gasteiger partial charge in [0.05, 0.1) is 0 Å². The van der Waals surface area contributed by atoms with E-state index in [-0.39, 0.29) is 31.1 Å². The van der Waals surface area contributed by atoms with E-state index in [9.17, 15) is 14.4 Å². The van der Waals surface area contributed by atoms with E-state index in [0.717, 1.165) is 96.3 Å². The van der Waals surface area contributed by atoms with Crippen molar-refractivity contribution in [2.24, 2.45) is 0 Å². The van der Waals surface area contributed by atoms with Gasteiger partial charge in [0, 0.05) is 19.3 Å². The molecule has 6 nitrogen and oxygen atoms in total. The van der Waals surface area contributed by atoms with Crippen LogP contribution in [0.15, 0.2) is 72.9 Å². The molecular weight excluding hydrogens is 877 g/mol. The monoisotopic (exact) mass is 991 g/mol. The molecule has 0 aromatic rings. The number of allylic oxidation sites excluding steroid dienone is 12. The highest BCUT2D eigenvalue weighted by Crippen LogP contribution is 2.15. The van der Waals surface area contributed by atoms with Crippen LogP contribution in [0.4, 0.5) is 0 Å². The normalized spacial score (nSPS) is 12.5. The standard InChI is InChI=1S/C65H114O6/c1-4-7-10-13-16-19-22-25-28-31-33-35-37-40-43-46-49-52-55-58-64(67)70-61-62(60-69-63(66)57-54-51-48-45-42-39-36-30-27-24-21-18-15-12-9-6-3)71-65(68)59-56-53-50-47-44-41-38-34-32-29-26-23-20-17-14-11-8-5-2/h23,26,29-34,36,38-39,42,62H,4-22,24-25,27-28,35,37,40-41,43-61H2,1-3H3/b26-23-,32-29-,33-31-,36-30-,38-34-,42-39-. The number of rotatable bonds is 55. The summed E-state index contributed by atoms with van der Waals surface area (Å²) in [7, 11) is 0. The van der Waals surface area contributed by atoms with Gasteiger partial charge < -0.3 is 14.2 Å². The topological polar surface area (TPSA) is 78.9 Å². The molecule has 0 bridgehead atoms. The van der Waals surface area contributed by atoms with Crippen LogP contribution in [0, 0.1) is 0 Å². The molecule has 0 radical (unpaired) electrons. The zero-order chi connectivity index (χ0) is 51.4. The first-order valence-corrected chi connectivity index (χ1v) is 30.5. The van der Waals surface area contributed by atoms with Crippen LogP contribution in [-0.4, -0.2) is 37.2 Å². The highest BCUT2D eigenvalue weighted by Gasteiger charge is 2.19. The van der Waals surface area contributed by atoms with Crippen LogP contribution in [0.5, 0.6) is 0 Å². The van der Waals surface area contributed by atoms with Crippen LogP contribution in [-0.2, 0) is 28.6 Å². The molecule has 0 saturated heterocycles. The lowest BCUT2D eigenvalue weighted by molar-refractivity contribution is -0.167.